The predicted octanol–water partition coefficient (Wildman–Crippen LogP) is 12.8. The number of halogens is 1. The van der Waals surface area contributed by atoms with Gasteiger partial charge in [0.05, 0.1) is 62.9 Å². The van der Waals surface area contributed by atoms with Crippen LogP contribution in [-0.2, 0) is 44.9 Å². The maximum atomic E-state index is 14.2. The summed E-state index contributed by atoms with van der Waals surface area (Å²) in [7, 11) is 1.35. The van der Waals surface area contributed by atoms with E-state index in [1.54, 1.807) is 11.3 Å². The Labute approximate surface area is 530 Å². The number of benzene rings is 4. The second-order valence-electron chi connectivity index (χ2n) is 23.6. The first-order chi connectivity index (χ1) is 42.4. The van der Waals surface area contributed by atoms with E-state index in [1.165, 1.54) is 34.7 Å². The molecule has 4 aromatic heterocycles. The first-order valence-corrected chi connectivity index (χ1v) is 32.9. The van der Waals surface area contributed by atoms with Gasteiger partial charge in [-0.15, -0.1) is 22.7 Å². The van der Waals surface area contributed by atoms with Gasteiger partial charge in [0.15, 0.2) is 16.0 Å². The average molecular weight is 1270 g/mol. The molecule has 10 rings (SSSR count). The van der Waals surface area contributed by atoms with Crippen molar-refractivity contribution in [2.75, 3.05) is 37.0 Å². The third-order valence-corrected chi connectivity index (χ3v) is 19.6. The Hall–Kier alpha value is -7.62. The minimum atomic E-state index is -0.880. The molecule has 1 fully saturated rings. The third kappa shape index (κ3) is 15.4. The fraction of sp³-hybridized carbons (Fsp3) is 0.388. The van der Waals surface area contributed by atoms with Gasteiger partial charge in [-0.3, -0.25) is 29.5 Å². The van der Waals surface area contributed by atoms with E-state index in [1.807, 2.05) is 131 Å². The van der Waals surface area contributed by atoms with E-state index in [4.69, 9.17) is 31.0 Å². The number of nitrogens with one attached hydrogen (secondary N) is 3. The average Bonchev–Trinajstić information content (AvgIpc) is 2.18. The van der Waals surface area contributed by atoms with E-state index >= 15 is 0 Å². The first-order valence-electron chi connectivity index (χ1n) is 30.0. The molecule has 8 aromatic rings. The van der Waals surface area contributed by atoms with E-state index in [9.17, 15) is 29.1 Å². The molecule has 0 radical (unpaired) electrons. The van der Waals surface area contributed by atoms with Crippen LogP contribution in [0.5, 0.6) is 5.75 Å². The highest BCUT2D eigenvalue weighted by Gasteiger charge is 2.45. The Morgan fingerprint density at radius 3 is 2.38 bits per heavy atom. The lowest BCUT2D eigenvalue weighted by Gasteiger charge is -2.35. The lowest BCUT2D eigenvalue weighted by molar-refractivity contribution is -0.144. The second-order valence-corrected chi connectivity index (χ2v) is 27.0. The van der Waals surface area contributed by atoms with Gasteiger partial charge in [-0.1, -0.05) is 118 Å². The number of aryl methyl sites for hydroxylation is 3. The van der Waals surface area contributed by atoms with Crippen LogP contribution in [0.1, 0.15) is 139 Å². The molecule has 4 atom stereocenters. The van der Waals surface area contributed by atoms with E-state index in [0.29, 0.717) is 72.0 Å². The van der Waals surface area contributed by atoms with E-state index in [2.05, 4.69) is 43.0 Å². The quantitative estimate of drug-likeness (QED) is 0.0327. The fourth-order valence-corrected chi connectivity index (χ4v) is 14.3. The molecule has 4 N–H and O–H groups in total. The molecule has 2 aliphatic rings. The molecule has 6 heterocycles. The van der Waals surface area contributed by atoms with Crippen molar-refractivity contribution in [3.05, 3.63) is 158 Å². The number of carbonyl (C=O) groups excluding carboxylic acids is 5. The number of fused-ring (bicyclic) bond motifs is 2. The molecule has 0 saturated carbocycles. The number of carbonyl (C=O) groups is 5. The number of thiazole rings is 3. The summed E-state index contributed by atoms with van der Waals surface area (Å²) in [5.41, 5.74) is 10.6. The van der Waals surface area contributed by atoms with Crippen molar-refractivity contribution in [3.8, 4) is 27.4 Å². The number of rotatable bonds is 24. The molecule has 17 nitrogen and oxygen atoms in total. The first kappa shape index (κ1) is 63.4. The summed E-state index contributed by atoms with van der Waals surface area (Å²) in [6.45, 7) is 11.0. The number of nitrogens with zero attached hydrogens (tertiary/aromatic N) is 6. The Balaban J connectivity index is 0.636. The highest BCUT2D eigenvalue weighted by atomic mass is 35.5. The summed E-state index contributed by atoms with van der Waals surface area (Å²) in [4.78, 5) is 91.9. The minimum absolute atomic E-state index is 0.0129. The van der Waals surface area contributed by atoms with Crippen molar-refractivity contribution in [3.63, 3.8) is 0 Å². The van der Waals surface area contributed by atoms with Crippen LogP contribution in [0.15, 0.2) is 109 Å². The highest BCUT2D eigenvalue weighted by molar-refractivity contribution is 7.22. The summed E-state index contributed by atoms with van der Waals surface area (Å²) < 4.78 is 12.3. The standard InChI is InChI=1S/C67H74ClN9O8S3/c1-40(43-24-26-45(27-25-43)59-41(2)70-39-86-59)71-62(81)53-35-47(78)37-77(53)63(82)60(67(3,4)5)73-57(79)22-11-9-7-8-10-16-42-23-29-51(69-36-42)46-28-30-54(50(68)34-46)85-33-15-21-56-58(64(83)84-6)74-66(88-56)76-32-31-44-17-14-18-48(49(44)38-76)61(80)75-65-72-52-19-12-13-20-55(52)87-65/h12-14,17-20,23-30,34,36,39-40,47,53,60,78H,7-11,15-16,21-22,31-33,35,37-38H2,1-6H3,(H,71,81)(H,73,79)(H,72,75,80)/t40-,47+,53-,60+/m0/s1. The van der Waals surface area contributed by atoms with Gasteiger partial charge in [-0.25, -0.2) is 19.7 Å². The van der Waals surface area contributed by atoms with E-state index in [0.717, 1.165) is 96.8 Å². The molecule has 460 valence electrons. The normalized spacial score (nSPS) is 15.6. The van der Waals surface area contributed by atoms with Crippen LogP contribution in [0.4, 0.5) is 10.3 Å². The Kier molecular flexibility index (Phi) is 20.7. The maximum Gasteiger partial charge on any atom is 0.357 e. The van der Waals surface area contributed by atoms with Crippen LogP contribution < -0.4 is 25.6 Å². The molecular formula is C67H74ClN9O8S3. The zero-order valence-electron chi connectivity index (χ0n) is 50.4. The third-order valence-electron chi connectivity index (χ3n) is 16.2. The SMILES string of the molecule is COC(=O)c1nc(N2CCc3cccc(C(=O)Nc4nc5ccccc5s4)c3C2)sc1CCCOc1ccc(-c2ccc(CCCCCCCC(=O)N[C@H](C(=O)N3C[C@H](O)C[C@H]3C(=O)N[C@@H](C)c3ccc(-c4scnc4C)cc3)C(C)(C)C)cn2)cc1Cl. The van der Waals surface area contributed by atoms with Crippen LogP contribution in [0.25, 0.3) is 31.9 Å². The van der Waals surface area contributed by atoms with Gasteiger partial charge < -0.3 is 35.0 Å². The van der Waals surface area contributed by atoms with Crippen molar-refractivity contribution in [1.82, 2.24) is 35.5 Å². The number of pyridine rings is 1. The van der Waals surface area contributed by atoms with Crippen molar-refractivity contribution in [2.45, 2.75) is 136 Å². The van der Waals surface area contributed by atoms with Crippen LogP contribution in [0, 0.1) is 12.3 Å². The predicted molar refractivity (Wildman–Crippen MR) is 348 cm³/mol. The second kappa shape index (κ2) is 28.7. The number of para-hydroxylation sites is 1. The number of hydrogen-bond acceptors (Lipinski definition) is 16. The number of methoxy groups -OCH3 is 1. The van der Waals surface area contributed by atoms with Gasteiger partial charge in [-0.05, 0) is 128 Å². The Morgan fingerprint density at radius 2 is 1.64 bits per heavy atom. The number of aliphatic hydroxyl groups excluding tert-OH is 1. The number of hydrogen-bond donors (Lipinski definition) is 4. The number of amides is 4. The Morgan fingerprint density at radius 1 is 0.852 bits per heavy atom. The van der Waals surface area contributed by atoms with Crippen LogP contribution in [0.2, 0.25) is 5.02 Å². The zero-order valence-corrected chi connectivity index (χ0v) is 53.6. The molecule has 2 aliphatic heterocycles. The summed E-state index contributed by atoms with van der Waals surface area (Å²) in [5.74, 6) is -1.12. The molecule has 0 unspecified atom stereocenters. The number of aliphatic hydroxyl groups is 1. The van der Waals surface area contributed by atoms with Crippen molar-refractivity contribution >= 4 is 95.7 Å². The van der Waals surface area contributed by atoms with Crippen LogP contribution in [0.3, 0.4) is 0 Å². The number of aromatic nitrogens is 4. The molecule has 0 bridgehead atoms. The van der Waals surface area contributed by atoms with Crippen molar-refractivity contribution in [2.24, 2.45) is 5.41 Å². The molecule has 0 spiro atoms. The number of esters is 1. The molecule has 4 amide bonds. The van der Waals surface area contributed by atoms with Crippen LogP contribution >= 0.6 is 45.6 Å². The molecule has 88 heavy (non-hydrogen) atoms. The summed E-state index contributed by atoms with van der Waals surface area (Å²) in [5, 5.41) is 21.5. The number of unbranched alkanes of at least 4 members (excludes halogenated alkanes) is 4. The van der Waals surface area contributed by atoms with E-state index < -0.39 is 29.6 Å². The van der Waals surface area contributed by atoms with Gasteiger partial charge in [0.25, 0.3) is 5.91 Å². The molecule has 0 aliphatic carbocycles. The monoisotopic (exact) mass is 1260 g/mol. The summed E-state index contributed by atoms with van der Waals surface area (Å²) >= 11 is 11.2. The van der Waals surface area contributed by atoms with Gasteiger partial charge >= 0.3 is 5.97 Å². The molecule has 21 heteroatoms. The minimum Gasteiger partial charge on any atom is -0.492 e. The fourth-order valence-electron chi connectivity index (χ4n) is 11.3. The number of anilines is 2. The smallest absolute Gasteiger partial charge is 0.357 e. The van der Waals surface area contributed by atoms with E-state index in [-0.39, 0.29) is 54.8 Å². The summed E-state index contributed by atoms with van der Waals surface area (Å²) in [6.07, 6.45) is 8.59. The lowest BCUT2D eigenvalue weighted by atomic mass is 9.85. The maximum absolute atomic E-state index is 14.2. The number of β-amino-alcohol motifs (C(OH)–C–C–N with tert-alkyl or cyclic N) is 1. The van der Waals surface area contributed by atoms with Gasteiger partial charge in [0.2, 0.25) is 17.7 Å². The lowest BCUT2D eigenvalue weighted by Crippen LogP contribution is -2.57. The Bertz CT molecular complexity index is 3750. The van der Waals surface area contributed by atoms with Crippen molar-refractivity contribution in [1.29, 1.82) is 0 Å². The number of ether oxygens (including phenoxy) is 2. The molecule has 1 saturated heterocycles. The topological polar surface area (TPSA) is 218 Å². The van der Waals surface area contributed by atoms with Crippen LogP contribution in [-0.4, -0.2) is 105 Å². The largest absolute Gasteiger partial charge is 0.492 e. The van der Waals surface area contributed by atoms with Crippen molar-refractivity contribution < 1.29 is 38.6 Å². The number of likely N-dealkylation sites (tertiary alicyclic amines) is 1. The molecular weight excluding hydrogens is 1190 g/mol. The zero-order chi connectivity index (χ0) is 62.1. The summed E-state index contributed by atoms with van der Waals surface area (Å²) in [6, 6.07) is 29.2. The highest BCUT2D eigenvalue weighted by Crippen LogP contribution is 2.36. The van der Waals surface area contributed by atoms with Gasteiger partial charge in [0, 0.05) is 54.7 Å². The molecule has 4 aromatic carbocycles. The van der Waals surface area contributed by atoms with Gasteiger partial charge in [0.1, 0.15) is 17.8 Å². The van der Waals surface area contributed by atoms with Gasteiger partial charge in [-0.2, -0.15) is 0 Å².